The minimum absolute atomic E-state index is 0.0544. The van der Waals surface area contributed by atoms with Crippen LogP contribution in [0.2, 0.25) is 0 Å². The Morgan fingerprint density at radius 1 is 1.19 bits per heavy atom. The van der Waals surface area contributed by atoms with Gasteiger partial charge in [-0.2, -0.15) is 4.31 Å². The van der Waals surface area contributed by atoms with Gasteiger partial charge < -0.3 is 14.8 Å². The van der Waals surface area contributed by atoms with E-state index < -0.39 is 21.7 Å². The zero-order valence-electron chi connectivity index (χ0n) is 17.6. The molecule has 1 aliphatic rings. The predicted molar refractivity (Wildman–Crippen MR) is 115 cm³/mol. The van der Waals surface area contributed by atoms with Crippen LogP contribution in [-0.2, 0) is 14.8 Å². The Morgan fingerprint density at radius 3 is 2.71 bits per heavy atom. The summed E-state index contributed by atoms with van der Waals surface area (Å²) in [6, 6.07) is 9.89. The van der Waals surface area contributed by atoms with Crippen LogP contribution in [0.1, 0.15) is 36.5 Å². The molecule has 0 radical (unpaired) electrons. The maximum absolute atomic E-state index is 14.2. The lowest BCUT2D eigenvalue weighted by atomic mass is 10.1. The van der Waals surface area contributed by atoms with Gasteiger partial charge in [0, 0.05) is 37.0 Å². The number of piperidine rings is 1. The highest BCUT2D eigenvalue weighted by molar-refractivity contribution is 7.89. The number of hydrogen-bond acceptors (Lipinski definition) is 5. The third kappa shape index (κ3) is 5.61. The van der Waals surface area contributed by atoms with Gasteiger partial charge in [-0.05, 0) is 50.1 Å². The molecule has 1 amide bonds. The summed E-state index contributed by atoms with van der Waals surface area (Å²) in [5.41, 5.74) is 0.408. The molecule has 7 nitrogen and oxygen atoms in total. The number of hydrogen-bond donors (Lipinski definition) is 1. The Morgan fingerprint density at radius 2 is 2.00 bits per heavy atom. The highest BCUT2D eigenvalue weighted by Crippen LogP contribution is 2.26. The Labute approximate surface area is 182 Å². The fraction of sp³-hybridized carbons (Fsp3) is 0.409. The molecule has 0 bridgehead atoms. The first kappa shape index (κ1) is 23.2. The van der Waals surface area contributed by atoms with E-state index in [1.165, 1.54) is 47.8 Å². The van der Waals surface area contributed by atoms with Gasteiger partial charge in [-0.1, -0.05) is 12.5 Å². The van der Waals surface area contributed by atoms with Crippen LogP contribution in [0, 0.1) is 5.82 Å². The highest BCUT2D eigenvalue weighted by atomic mass is 32.2. The van der Waals surface area contributed by atoms with E-state index in [1.807, 2.05) is 6.92 Å². The van der Waals surface area contributed by atoms with Crippen LogP contribution < -0.4 is 10.1 Å². The second-order valence-corrected chi connectivity index (χ2v) is 9.32. The fourth-order valence-electron chi connectivity index (χ4n) is 3.50. The normalized spacial score (nSPS) is 17.3. The highest BCUT2D eigenvalue weighted by Gasteiger charge is 2.31. The molecule has 1 fully saturated rings. The van der Waals surface area contributed by atoms with Gasteiger partial charge in [-0.3, -0.25) is 4.79 Å². The van der Waals surface area contributed by atoms with Crippen LogP contribution in [0.3, 0.4) is 0 Å². The van der Waals surface area contributed by atoms with Crippen LogP contribution in [0.25, 0.3) is 0 Å². The molecule has 1 saturated heterocycles. The summed E-state index contributed by atoms with van der Waals surface area (Å²) in [5, 5.41) is 2.59. The van der Waals surface area contributed by atoms with Crippen molar-refractivity contribution in [2.24, 2.45) is 0 Å². The van der Waals surface area contributed by atoms with E-state index in [9.17, 15) is 17.6 Å². The van der Waals surface area contributed by atoms with Gasteiger partial charge in [0.05, 0.1) is 11.5 Å². The number of rotatable bonds is 8. The van der Waals surface area contributed by atoms with Gasteiger partial charge in [-0.15, -0.1) is 0 Å². The van der Waals surface area contributed by atoms with E-state index in [-0.39, 0.29) is 34.5 Å². The van der Waals surface area contributed by atoms with Crippen molar-refractivity contribution in [1.29, 1.82) is 0 Å². The molecule has 0 aromatic heterocycles. The van der Waals surface area contributed by atoms with E-state index in [0.29, 0.717) is 13.2 Å². The number of sulfonamides is 1. The molecule has 3 rings (SSSR count). The summed E-state index contributed by atoms with van der Waals surface area (Å²) in [6.45, 7) is 2.89. The van der Waals surface area contributed by atoms with Gasteiger partial charge in [0.1, 0.15) is 6.61 Å². The van der Waals surface area contributed by atoms with Gasteiger partial charge in [-0.25, -0.2) is 12.8 Å². The Balaban J connectivity index is 1.74. The van der Waals surface area contributed by atoms with Crippen molar-refractivity contribution in [1.82, 2.24) is 4.31 Å². The summed E-state index contributed by atoms with van der Waals surface area (Å²) in [5.74, 6) is -1.10. The Bertz CT molecular complexity index is 1030. The monoisotopic (exact) mass is 450 g/mol. The van der Waals surface area contributed by atoms with Gasteiger partial charge in [0.25, 0.3) is 5.91 Å². The van der Waals surface area contributed by atoms with Gasteiger partial charge in [0.15, 0.2) is 11.6 Å². The molecule has 1 unspecified atom stereocenters. The molecular weight excluding hydrogens is 423 g/mol. The van der Waals surface area contributed by atoms with Crippen LogP contribution in [0.5, 0.6) is 5.75 Å². The molecule has 0 aliphatic carbocycles. The van der Waals surface area contributed by atoms with Crippen molar-refractivity contribution < 1.29 is 27.1 Å². The quantitative estimate of drug-likeness (QED) is 0.621. The predicted octanol–water partition coefficient (Wildman–Crippen LogP) is 3.67. The zero-order valence-corrected chi connectivity index (χ0v) is 18.5. The van der Waals surface area contributed by atoms with E-state index in [0.717, 1.165) is 25.3 Å². The first-order valence-corrected chi connectivity index (χ1v) is 11.6. The molecule has 2 aromatic rings. The third-order valence-electron chi connectivity index (χ3n) is 5.18. The van der Waals surface area contributed by atoms with Crippen molar-refractivity contribution >= 4 is 21.6 Å². The molecular formula is C22H27FN2O5S. The molecule has 1 aliphatic heterocycles. The van der Waals surface area contributed by atoms with Crippen LogP contribution in [0.15, 0.2) is 47.4 Å². The third-order valence-corrected chi connectivity index (χ3v) is 7.19. The van der Waals surface area contributed by atoms with E-state index >= 15 is 0 Å². The van der Waals surface area contributed by atoms with Crippen molar-refractivity contribution in [3.8, 4) is 5.75 Å². The van der Waals surface area contributed by atoms with E-state index in [4.69, 9.17) is 9.47 Å². The number of benzene rings is 2. The van der Waals surface area contributed by atoms with Crippen molar-refractivity contribution in [2.75, 3.05) is 32.2 Å². The number of nitrogens with zero attached hydrogens (tertiary/aromatic N) is 1. The van der Waals surface area contributed by atoms with E-state index in [1.54, 1.807) is 0 Å². The number of amides is 1. The first-order valence-electron chi connectivity index (χ1n) is 10.2. The lowest BCUT2D eigenvalue weighted by Crippen LogP contribution is -2.41. The van der Waals surface area contributed by atoms with E-state index in [2.05, 4.69) is 5.32 Å². The number of halogens is 1. The lowest BCUT2D eigenvalue weighted by Gasteiger charge is -2.32. The number of carbonyl (C=O) groups is 1. The first-order chi connectivity index (χ1) is 14.8. The number of anilines is 1. The summed E-state index contributed by atoms with van der Waals surface area (Å²) in [6.07, 6.45) is 2.64. The topological polar surface area (TPSA) is 84.9 Å². The standard InChI is InChI=1S/C22H27FN2O5S/c1-16-6-3-4-11-25(16)31(27,28)19-8-5-7-17(14-19)22(26)24-18-9-10-21(20(23)15-18)30-13-12-29-2/h5,7-10,14-16H,3-4,6,11-13H2,1-2H3,(H,24,26). The molecule has 0 spiro atoms. The largest absolute Gasteiger partial charge is 0.488 e. The maximum Gasteiger partial charge on any atom is 0.255 e. The molecule has 1 atom stereocenters. The van der Waals surface area contributed by atoms with Gasteiger partial charge >= 0.3 is 0 Å². The van der Waals surface area contributed by atoms with Crippen LogP contribution >= 0.6 is 0 Å². The Kier molecular flexibility index (Phi) is 7.64. The van der Waals surface area contributed by atoms with Crippen molar-refractivity contribution in [2.45, 2.75) is 37.1 Å². The maximum atomic E-state index is 14.2. The molecule has 9 heteroatoms. The number of ether oxygens (including phenoxy) is 2. The number of nitrogens with one attached hydrogen (secondary N) is 1. The second-order valence-electron chi connectivity index (χ2n) is 7.43. The summed E-state index contributed by atoms with van der Waals surface area (Å²) in [7, 11) is -2.18. The van der Waals surface area contributed by atoms with Gasteiger partial charge in [0.2, 0.25) is 10.0 Å². The Hall–Kier alpha value is -2.49. The second kappa shape index (κ2) is 10.2. The lowest BCUT2D eigenvalue weighted by molar-refractivity contribution is 0.102. The van der Waals surface area contributed by atoms with Crippen molar-refractivity contribution in [3.63, 3.8) is 0 Å². The molecule has 168 valence electrons. The minimum atomic E-state index is -3.70. The smallest absolute Gasteiger partial charge is 0.255 e. The number of carbonyl (C=O) groups excluding carboxylic acids is 1. The molecule has 1 heterocycles. The molecule has 2 aromatic carbocycles. The number of methoxy groups -OCH3 is 1. The van der Waals surface area contributed by atoms with Crippen molar-refractivity contribution in [3.05, 3.63) is 53.8 Å². The molecule has 31 heavy (non-hydrogen) atoms. The van der Waals surface area contributed by atoms with Crippen LogP contribution in [0.4, 0.5) is 10.1 Å². The van der Waals surface area contributed by atoms with Crippen LogP contribution in [-0.4, -0.2) is 51.5 Å². The average molecular weight is 451 g/mol. The zero-order chi connectivity index (χ0) is 22.4. The minimum Gasteiger partial charge on any atom is -0.488 e. The summed E-state index contributed by atoms with van der Waals surface area (Å²) < 4.78 is 51.9. The fourth-order valence-corrected chi connectivity index (χ4v) is 5.24. The SMILES string of the molecule is COCCOc1ccc(NC(=O)c2cccc(S(=O)(=O)N3CCCCC3C)c2)cc1F. The average Bonchev–Trinajstić information content (AvgIpc) is 2.75. The molecule has 1 N–H and O–H groups in total. The summed E-state index contributed by atoms with van der Waals surface area (Å²) >= 11 is 0. The summed E-state index contributed by atoms with van der Waals surface area (Å²) in [4.78, 5) is 12.7. The molecule has 0 saturated carbocycles.